The Balaban J connectivity index is 1.82. The van der Waals surface area contributed by atoms with Gasteiger partial charge in [0.15, 0.2) is 5.17 Å². The fourth-order valence-corrected chi connectivity index (χ4v) is 2.89. The van der Waals surface area contributed by atoms with Crippen LogP contribution in [0.3, 0.4) is 0 Å². The minimum Gasteiger partial charge on any atom is -0.345 e. The number of rotatable bonds is 1. The number of amides is 1. The van der Waals surface area contributed by atoms with Crippen LogP contribution >= 0.6 is 11.8 Å². The fraction of sp³-hybridized carbons (Fsp3) is 0.308. The van der Waals surface area contributed by atoms with E-state index in [2.05, 4.69) is 34.1 Å². The van der Waals surface area contributed by atoms with Crippen molar-refractivity contribution in [1.29, 1.82) is 0 Å². The first kappa shape index (κ1) is 12.2. The lowest BCUT2D eigenvalue weighted by atomic mass is 10.2. The Labute approximate surface area is 114 Å². The largest absolute Gasteiger partial charge is 0.345 e. The van der Waals surface area contributed by atoms with Crippen molar-refractivity contribution in [3.05, 3.63) is 30.1 Å². The second kappa shape index (κ2) is 4.38. The molecule has 98 valence electrons. The molecule has 2 aromatic heterocycles. The van der Waals surface area contributed by atoms with Gasteiger partial charge in [0.25, 0.3) is 5.91 Å². The highest BCUT2D eigenvalue weighted by Crippen LogP contribution is 2.30. The molecule has 0 fully saturated rings. The van der Waals surface area contributed by atoms with Crippen molar-refractivity contribution in [3.8, 4) is 0 Å². The van der Waals surface area contributed by atoms with Crippen molar-refractivity contribution in [2.75, 3.05) is 6.54 Å². The van der Waals surface area contributed by atoms with Gasteiger partial charge in [0.2, 0.25) is 0 Å². The van der Waals surface area contributed by atoms with E-state index in [1.807, 2.05) is 12.1 Å². The molecular weight excluding hydrogens is 260 g/mol. The number of hydrogen-bond acceptors (Lipinski definition) is 4. The molecule has 0 bridgehead atoms. The zero-order valence-electron chi connectivity index (χ0n) is 10.7. The molecule has 2 N–H and O–H groups in total. The van der Waals surface area contributed by atoms with Crippen molar-refractivity contribution in [2.45, 2.75) is 18.6 Å². The van der Waals surface area contributed by atoms with E-state index in [4.69, 9.17) is 0 Å². The second-order valence-electron chi connectivity index (χ2n) is 5.04. The third-order valence-electron chi connectivity index (χ3n) is 2.89. The number of aromatic amines is 1. The van der Waals surface area contributed by atoms with E-state index in [0.717, 1.165) is 11.9 Å². The lowest BCUT2D eigenvalue weighted by molar-refractivity contribution is 0.0979. The lowest BCUT2D eigenvalue weighted by Crippen LogP contribution is -2.28. The molecule has 3 rings (SSSR count). The van der Waals surface area contributed by atoms with Crippen LogP contribution < -0.4 is 5.32 Å². The highest BCUT2D eigenvalue weighted by Gasteiger charge is 2.28. The van der Waals surface area contributed by atoms with Crippen LogP contribution in [0.25, 0.3) is 11.0 Å². The molecule has 0 radical (unpaired) electrons. The van der Waals surface area contributed by atoms with E-state index in [1.54, 1.807) is 24.2 Å². The maximum Gasteiger partial charge on any atom is 0.259 e. The van der Waals surface area contributed by atoms with Gasteiger partial charge in [-0.05, 0) is 26.0 Å². The van der Waals surface area contributed by atoms with Gasteiger partial charge in [-0.2, -0.15) is 0 Å². The number of nitrogens with one attached hydrogen (secondary N) is 2. The minimum absolute atomic E-state index is 0.0599. The zero-order valence-corrected chi connectivity index (χ0v) is 11.5. The van der Waals surface area contributed by atoms with Crippen molar-refractivity contribution in [3.63, 3.8) is 0 Å². The third-order valence-corrected chi connectivity index (χ3v) is 4.00. The van der Waals surface area contributed by atoms with Crippen LogP contribution in [0, 0.1) is 0 Å². The number of fused-ring (bicyclic) bond motifs is 1. The van der Waals surface area contributed by atoms with Crippen LogP contribution in [0.1, 0.15) is 24.2 Å². The molecule has 6 heteroatoms. The maximum absolute atomic E-state index is 12.2. The zero-order chi connectivity index (χ0) is 13.5. The topological polar surface area (TPSA) is 70.1 Å². The predicted molar refractivity (Wildman–Crippen MR) is 77.5 cm³/mol. The molecule has 1 amide bonds. The number of amidine groups is 1. The number of carbonyl (C=O) groups is 1. The molecule has 2 aromatic rings. The van der Waals surface area contributed by atoms with Gasteiger partial charge in [-0.25, -0.2) is 4.98 Å². The standard InChI is InChI=1S/C13H14N4OS/c1-13(2)7-16-12(19-13)17-11(18)9-6-15-10-8(9)4-3-5-14-10/h3-6H,7H2,1-2H3,(H,14,15)(H,16,17,18). The summed E-state index contributed by atoms with van der Waals surface area (Å²) in [4.78, 5) is 23.7. The van der Waals surface area contributed by atoms with Gasteiger partial charge in [-0.15, -0.1) is 0 Å². The van der Waals surface area contributed by atoms with E-state index in [0.29, 0.717) is 16.4 Å². The van der Waals surface area contributed by atoms with Gasteiger partial charge in [-0.3, -0.25) is 9.79 Å². The number of nitrogens with zero attached hydrogens (tertiary/aromatic N) is 2. The summed E-state index contributed by atoms with van der Waals surface area (Å²) in [7, 11) is 0. The molecular formula is C13H14N4OS. The summed E-state index contributed by atoms with van der Waals surface area (Å²) in [6.07, 6.45) is 3.37. The molecule has 1 aliphatic heterocycles. The normalized spacial score (nSPS) is 17.5. The van der Waals surface area contributed by atoms with E-state index < -0.39 is 0 Å². The van der Waals surface area contributed by atoms with E-state index in [9.17, 15) is 4.79 Å². The number of carbonyl (C=O) groups excluding carboxylic acids is 1. The molecule has 0 aliphatic carbocycles. The highest BCUT2D eigenvalue weighted by atomic mass is 32.2. The molecule has 1 aliphatic rings. The van der Waals surface area contributed by atoms with E-state index in [1.165, 1.54) is 0 Å². The number of thioether (sulfide) groups is 1. The molecule has 0 atom stereocenters. The van der Waals surface area contributed by atoms with Gasteiger partial charge < -0.3 is 10.3 Å². The van der Waals surface area contributed by atoms with Gasteiger partial charge in [-0.1, -0.05) is 11.8 Å². The smallest absolute Gasteiger partial charge is 0.259 e. The molecule has 0 aromatic carbocycles. The summed E-state index contributed by atoms with van der Waals surface area (Å²) in [5.41, 5.74) is 1.31. The Hall–Kier alpha value is -1.82. The first-order chi connectivity index (χ1) is 9.05. The van der Waals surface area contributed by atoms with E-state index in [-0.39, 0.29) is 10.7 Å². The molecule has 0 unspecified atom stereocenters. The summed E-state index contributed by atoms with van der Waals surface area (Å²) in [5.74, 6) is -0.150. The van der Waals surface area contributed by atoms with Gasteiger partial charge >= 0.3 is 0 Å². The molecule has 3 heterocycles. The Kier molecular flexibility index (Phi) is 2.82. The summed E-state index contributed by atoms with van der Waals surface area (Å²) in [6.45, 7) is 4.94. The average molecular weight is 274 g/mol. The lowest BCUT2D eigenvalue weighted by Gasteiger charge is -2.13. The molecule has 5 nitrogen and oxygen atoms in total. The molecule has 19 heavy (non-hydrogen) atoms. The monoisotopic (exact) mass is 274 g/mol. The third kappa shape index (κ3) is 2.35. The van der Waals surface area contributed by atoms with Crippen LogP contribution in [-0.2, 0) is 0 Å². The summed E-state index contributed by atoms with van der Waals surface area (Å²) in [6, 6.07) is 3.69. The highest BCUT2D eigenvalue weighted by molar-refractivity contribution is 8.15. The maximum atomic E-state index is 12.2. The first-order valence-corrected chi connectivity index (χ1v) is 6.84. The number of pyridine rings is 1. The molecule has 0 saturated heterocycles. The first-order valence-electron chi connectivity index (χ1n) is 6.02. The fourth-order valence-electron chi connectivity index (χ4n) is 1.96. The Morgan fingerprint density at radius 3 is 3.11 bits per heavy atom. The second-order valence-corrected chi connectivity index (χ2v) is 6.74. The summed E-state index contributed by atoms with van der Waals surface area (Å²) >= 11 is 1.59. The van der Waals surface area contributed by atoms with Crippen LogP contribution in [0.2, 0.25) is 0 Å². The molecule has 0 saturated carbocycles. The molecule has 0 spiro atoms. The number of aromatic nitrogens is 2. The van der Waals surface area contributed by atoms with Crippen molar-refractivity contribution in [1.82, 2.24) is 15.3 Å². The van der Waals surface area contributed by atoms with E-state index >= 15 is 0 Å². The van der Waals surface area contributed by atoms with Crippen molar-refractivity contribution >= 4 is 33.9 Å². The van der Waals surface area contributed by atoms with Crippen LogP contribution in [0.4, 0.5) is 0 Å². The minimum atomic E-state index is -0.150. The van der Waals surface area contributed by atoms with Crippen molar-refractivity contribution < 1.29 is 4.79 Å². The predicted octanol–water partition coefficient (Wildman–Crippen LogP) is 2.17. The van der Waals surface area contributed by atoms with Gasteiger partial charge in [0.05, 0.1) is 12.1 Å². The van der Waals surface area contributed by atoms with Crippen LogP contribution in [-0.4, -0.2) is 32.3 Å². The van der Waals surface area contributed by atoms with Crippen LogP contribution in [0.15, 0.2) is 29.5 Å². The van der Waals surface area contributed by atoms with Gasteiger partial charge in [0, 0.05) is 22.5 Å². The Morgan fingerprint density at radius 2 is 2.37 bits per heavy atom. The van der Waals surface area contributed by atoms with Crippen LogP contribution in [0.5, 0.6) is 0 Å². The number of hydrogen-bond donors (Lipinski definition) is 2. The number of aliphatic imine (C=N–C) groups is 1. The quantitative estimate of drug-likeness (QED) is 0.837. The van der Waals surface area contributed by atoms with Crippen molar-refractivity contribution in [2.24, 2.45) is 4.99 Å². The summed E-state index contributed by atoms with van der Waals surface area (Å²) in [5, 5.41) is 4.37. The van der Waals surface area contributed by atoms with Gasteiger partial charge in [0.1, 0.15) is 5.65 Å². The average Bonchev–Trinajstić information content (AvgIpc) is 2.92. The Bertz CT molecular complexity index is 674. The number of H-pyrrole nitrogens is 1. The Morgan fingerprint density at radius 1 is 1.53 bits per heavy atom. The SMILES string of the molecule is CC1(C)CN=C(NC(=O)c2c[nH]c3ncccc23)S1. The summed E-state index contributed by atoms with van der Waals surface area (Å²) < 4.78 is 0.0599.